The molecule has 0 spiro atoms. The molecule has 3 heterocycles. The van der Waals surface area contributed by atoms with Gasteiger partial charge in [-0.2, -0.15) is 0 Å². The number of nitrogens with one attached hydrogen (secondary N) is 1. The van der Waals surface area contributed by atoms with Crippen LogP contribution >= 0.6 is 0 Å². The topological polar surface area (TPSA) is 101 Å². The van der Waals surface area contributed by atoms with Gasteiger partial charge in [0.15, 0.2) is 5.75 Å². The Balaban J connectivity index is 1.38. The van der Waals surface area contributed by atoms with Gasteiger partial charge in [0, 0.05) is 30.2 Å². The summed E-state index contributed by atoms with van der Waals surface area (Å²) in [6.07, 6.45) is 0.126. The van der Waals surface area contributed by atoms with Gasteiger partial charge < -0.3 is 19.7 Å². The molecule has 0 aliphatic carbocycles. The second-order valence-corrected chi connectivity index (χ2v) is 10.8. The van der Waals surface area contributed by atoms with Crippen molar-refractivity contribution in [2.45, 2.75) is 19.2 Å². The number of hydrogen-bond donors (Lipinski definition) is 1. The van der Waals surface area contributed by atoms with Crippen LogP contribution in [-0.4, -0.2) is 45.9 Å². The summed E-state index contributed by atoms with van der Waals surface area (Å²) >= 11 is 0. The van der Waals surface area contributed by atoms with E-state index >= 15 is 0 Å². The Labute approximate surface area is 257 Å². The van der Waals surface area contributed by atoms with Crippen molar-refractivity contribution in [2.75, 3.05) is 13.1 Å². The molecule has 0 saturated carbocycles. The van der Waals surface area contributed by atoms with Crippen LogP contribution in [0.5, 0.6) is 11.5 Å². The van der Waals surface area contributed by atoms with Crippen LogP contribution in [-0.2, 0) is 13.1 Å². The van der Waals surface area contributed by atoms with Gasteiger partial charge in [-0.1, -0.05) is 72.8 Å². The van der Waals surface area contributed by atoms with E-state index in [1.807, 2.05) is 60.7 Å². The molecule has 4 aromatic carbocycles. The molecule has 0 bridgehead atoms. The Hall–Kier alpha value is -5.77. The minimum absolute atomic E-state index is 0.0862. The largest absolute Gasteiger partial charge is 0.478 e. The fraction of sp³-hybridized carbons (Fsp3) is 0.143. The first kappa shape index (κ1) is 28.0. The van der Waals surface area contributed by atoms with Gasteiger partial charge in [-0.05, 0) is 41.0 Å². The number of nitrogens with zero attached hydrogens (tertiary/aromatic N) is 3. The number of rotatable bonds is 7. The second kappa shape index (κ2) is 11.7. The molecule has 1 fully saturated rings. The Morgan fingerprint density at radius 1 is 0.889 bits per heavy atom. The molecule has 0 radical (unpaired) electrons. The van der Waals surface area contributed by atoms with E-state index in [0.29, 0.717) is 23.0 Å². The van der Waals surface area contributed by atoms with Gasteiger partial charge in [-0.3, -0.25) is 9.78 Å². The number of carbonyl (C=O) groups excluding carboxylic acids is 3. The van der Waals surface area contributed by atoms with Crippen LogP contribution < -0.4 is 14.8 Å². The zero-order chi connectivity index (χ0) is 30.9. The lowest BCUT2D eigenvalue weighted by atomic mass is 9.99. The van der Waals surface area contributed by atoms with Gasteiger partial charge in [0.2, 0.25) is 0 Å². The van der Waals surface area contributed by atoms with Crippen molar-refractivity contribution < 1.29 is 28.2 Å². The third kappa shape index (κ3) is 5.31. The lowest BCUT2D eigenvalue weighted by Gasteiger charge is -2.23. The summed E-state index contributed by atoms with van der Waals surface area (Å²) in [4.78, 5) is 47.0. The van der Waals surface area contributed by atoms with E-state index in [1.54, 1.807) is 35.4 Å². The molecule has 1 saturated heterocycles. The van der Waals surface area contributed by atoms with Gasteiger partial charge in [0.25, 0.3) is 5.91 Å². The quantitative estimate of drug-likeness (QED) is 0.237. The standard InChI is InChI=1S/C35H27FN4O5/c36-25-15-13-22(14-16-25)20-39-21-27-28(33(39)41)32(44-30(23-8-3-1-4-9-23)24-10-5-2-6-11-24)29-26(12-7-17-37-29)31(27)45-35(43)40-19-18-38-34(40)42/h1-17,30H,18-21H2,(H,38,42). The van der Waals surface area contributed by atoms with Crippen LogP contribution in [0.25, 0.3) is 10.9 Å². The van der Waals surface area contributed by atoms with E-state index in [1.165, 1.54) is 12.1 Å². The molecular formula is C35H27FN4O5. The molecule has 5 aromatic rings. The van der Waals surface area contributed by atoms with Gasteiger partial charge in [0.1, 0.15) is 23.2 Å². The van der Waals surface area contributed by atoms with Gasteiger partial charge in [0.05, 0.1) is 18.7 Å². The van der Waals surface area contributed by atoms with E-state index in [-0.39, 0.29) is 48.4 Å². The fourth-order valence-corrected chi connectivity index (χ4v) is 5.76. The molecule has 2 aliphatic heterocycles. The number of halogens is 1. The summed E-state index contributed by atoms with van der Waals surface area (Å²) in [6.45, 7) is 0.733. The number of urea groups is 1. The number of aromatic nitrogens is 1. The Kier molecular flexibility index (Phi) is 7.30. The highest BCUT2D eigenvalue weighted by atomic mass is 19.1. The summed E-state index contributed by atoms with van der Waals surface area (Å²) in [5.74, 6) is -0.344. The van der Waals surface area contributed by atoms with E-state index in [9.17, 15) is 18.8 Å². The third-order valence-corrected chi connectivity index (χ3v) is 7.91. The highest BCUT2D eigenvalue weighted by molar-refractivity contribution is 6.09. The predicted octanol–water partition coefficient (Wildman–Crippen LogP) is 6.22. The van der Waals surface area contributed by atoms with Crippen molar-refractivity contribution in [2.24, 2.45) is 0 Å². The van der Waals surface area contributed by atoms with Crippen LogP contribution in [0.3, 0.4) is 0 Å². The normalized spacial score (nSPS) is 14.2. The predicted molar refractivity (Wildman–Crippen MR) is 163 cm³/mol. The minimum Gasteiger partial charge on any atom is -0.478 e. The molecule has 4 amide bonds. The Morgan fingerprint density at radius 2 is 1.58 bits per heavy atom. The van der Waals surface area contributed by atoms with Gasteiger partial charge in [-0.15, -0.1) is 0 Å². The first-order valence-electron chi connectivity index (χ1n) is 14.5. The number of amides is 4. The Bertz CT molecular complexity index is 1880. The summed E-state index contributed by atoms with van der Waals surface area (Å²) in [5, 5.41) is 3.05. The summed E-state index contributed by atoms with van der Waals surface area (Å²) in [6, 6.07) is 28.1. The number of carbonyl (C=O) groups is 3. The first-order chi connectivity index (χ1) is 22.0. The van der Waals surface area contributed by atoms with Crippen molar-refractivity contribution in [1.82, 2.24) is 20.1 Å². The number of hydrogen-bond acceptors (Lipinski definition) is 6. The smallest absolute Gasteiger partial charge is 0.423 e. The monoisotopic (exact) mass is 602 g/mol. The van der Waals surface area contributed by atoms with E-state index < -0.39 is 18.2 Å². The molecule has 1 aromatic heterocycles. The van der Waals surface area contributed by atoms with Crippen LogP contribution in [0.1, 0.15) is 38.7 Å². The van der Waals surface area contributed by atoms with Crippen molar-refractivity contribution in [3.63, 3.8) is 0 Å². The molecule has 2 aliphatic rings. The van der Waals surface area contributed by atoms with Crippen LogP contribution in [0.2, 0.25) is 0 Å². The van der Waals surface area contributed by atoms with Crippen molar-refractivity contribution >= 4 is 28.9 Å². The van der Waals surface area contributed by atoms with Crippen LogP contribution in [0, 0.1) is 5.82 Å². The average molecular weight is 603 g/mol. The third-order valence-electron chi connectivity index (χ3n) is 7.91. The SMILES string of the molecule is O=C1c2c(c(OC(=O)N3CCNC3=O)c3cccnc3c2OC(c2ccccc2)c2ccccc2)CN1Cc1ccc(F)cc1. The first-order valence-corrected chi connectivity index (χ1v) is 14.5. The second-order valence-electron chi connectivity index (χ2n) is 10.8. The van der Waals surface area contributed by atoms with Gasteiger partial charge in [-0.25, -0.2) is 18.9 Å². The molecule has 0 unspecified atom stereocenters. The molecule has 9 nitrogen and oxygen atoms in total. The summed E-state index contributed by atoms with van der Waals surface area (Å²) in [5.41, 5.74) is 3.44. The number of pyridine rings is 1. The highest BCUT2D eigenvalue weighted by Gasteiger charge is 2.39. The molecule has 1 N–H and O–H groups in total. The minimum atomic E-state index is -0.859. The maximum absolute atomic E-state index is 14.3. The maximum atomic E-state index is 14.3. The van der Waals surface area contributed by atoms with Crippen LogP contribution in [0.15, 0.2) is 103 Å². The van der Waals surface area contributed by atoms with Crippen molar-refractivity contribution in [3.05, 3.63) is 137 Å². The summed E-state index contributed by atoms with van der Waals surface area (Å²) < 4.78 is 26.4. The van der Waals surface area contributed by atoms with Crippen molar-refractivity contribution in [1.29, 1.82) is 0 Å². The molecule has 0 atom stereocenters. The van der Waals surface area contributed by atoms with Crippen LogP contribution in [0.4, 0.5) is 14.0 Å². The zero-order valence-corrected chi connectivity index (χ0v) is 24.0. The lowest BCUT2D eigenvalue weighted by molar-refractivity contribution is 0.0762. The Morgan fingerprint density at radius 3 is 2.22 bits per heavy atom. The maximum Gasteiger partial charge on any atom is 0.423 e. The molecule has 224 valence electrons. The average Bonchev–Trinajstić information content (AvgIpc) is 3.65. The lowest BCUT2D eigenvalue weighted by Crippen LogP contribution is -2.36. The van der Waals surface area contributed by atoms with Crippen molar-refractivity contribution in [3.8, 4) is 11.5 Å². The summed E-state index contributed by atoms with van der Waals surface area (Å²) in [7, 11) is 0. The zero-order valence-electron chi connectivity index (χ0n) is 24.0. The number of ether oxygens (including phenoxy) is 2. The molecule has 7 rings (SSSR count). The van der Waals surface area contributed by atoms with E-state index in [4.69, 9.17) is 9.47 Å². The van der Waals surface area contributed by atoms with Gasteiger partial charge >= 0.3 is 12.1 Å². The molecule has 45 heavy (non-hydrogen) atoms. The van der Waals surface area contributed by atoms with E-state index in [0.717, 1.165) is 21.6 Å². The van der Waals surface area contributed by atoms with E-state index in [2.05, 4.69) is 10.3 Å². The fourth-order valence-electron chi connectivity index (χ4n) is 5.76. The number of benzene rings is 4. The number of fused-ring (bicyclic) bond motifs is 2. The number of imide groups is 1. The molecular weight excluding hydrogens is 575 g/mol. The highest BCUT2D eigenvalue weighted by Crippen LogP contribution is 2.46. The molecule has 10 heteroatoms.